The van der Waals surface area contributed by atoms with Crippen molar-refractivity contribution in [2.24, 2.45) is 5.73 Å². The van der Waals surface area contributed by atoms with Crippen molar-refractivity contribution in [1.82, 2.24) is 4.90 Å². The number of aryl methyl sites for hydroxylation is 1. The molecule has 1 aromatic rings. The fourth-order valence-electron chi connectivity index (χ4n) is 2.75. The molecule has 0 unspecified atom stereocenters. The monoisotopic (exact) mass is 301 g/mol. The number of carbonyl (C=O) groups is 2. The summed E-state index contributed by atoms with van der Waals surface area (Å²) in [5, 5.41) is 2.84. The lowest BCUT2D eigenvalue weighted by molar-refractivity contribution is -0.130. The van der Waals surface area contributed by atoms with Gasteiger partial charge in [0.2, 0.25) is 11.8 Å². The predicted molar refractivity (Wildman–Crippen MR) is 85.4 cm³/mol. The summed E-state index contributed by atoms with van der Waals surface area (Å²) in [5.74, 6) is 0.137. The number of rotatable bonds is 5. The largest absolute Gasteiger partial charge is 0.343 e. The SMILES string of the molecule is NC1(C(=O)Nc2ccc(CCC(=O)N3CCCC3)cc2)CC1. The van der Waals surface area contributed by atoms with Crippen LogP contribution in [0, 0.1) is 0 Å². The second-order valence-corrected chi connectivity index (χ2v) is 6.40. The number of anilines is 1. The minimum absolute atomic E-state index is 0.107. The second-order valence-electron chi connectivity index (χ2n) is 6.40. The fraction of sp³-hybridized carbons (Fsp3) is 0.529. The Balaban J connectivity index is 1.48. The van der Waals surface area contributed by atoms with Crippen LogP contribution in [0.4, 0.5) is 5.69 Å². The molecule has 2 aliphatic rings. The molecule has 0 bridgehead atoms. The summed E-state index contributed by atoms with van der Waals surface area (Å²) in [6, 6.07) is 7.67. The van der Waals surface area contributed by atoms with Gasteiger partial charge >= 0.3 is 0 Å². The Labute approximate surface area is 130 Å². The minimum Gasteiger partial charge on any atom is -0.343 e. The molecule has 5 nitrogen and oxygen atoms in total. The average molecular weight is 301 g/mol. The van der Waals surface area contributed by atoms with Crippen LogP contribution in [0.3, 0.4) is 0 Å². The highest BCUT2D eigenvalue weighted by atomic mass is 16.2. The van der Waals surface area contributed by atoms with Crippen LogP contribution in [0.1, 0.15) is 37.7 Å². The van der Waals surface area contributed by atoms with Gasteiger partial charge in [-0.25, -0.2) is 0 Å². The average Bonchev–Trinajstić information content (AvgIpc) is 3.05. The standard InChI is InChI=1S/C17H23N3O2/c18-17(9-10-17)16(22)19-14-6-3-13(4-7-14)5-8-15(21)20-11-1-2-12-20/h3-4,6-7H,1-2,5,8-12,18H2,(H,19,22). The number of nitrogens with one attached hydrogen (secondary N) is 1. The number of hydrogen-bond acceptors (Lipinski definition) is 3. The molecule has 1 saturated carbocycles. The van der Waals surface area contributed by atoms with E-state index in [0.717, 1.165) is 56.4 Å². The van der Waals surface area contributed by atoms with E-state index in [9.17, 15) is 9.59 Å². The first-order valence-corrected chi connectivity index (χ1v) is 8.04. The lowest BCUT2D eigenvalue weighted by Gasteiger charge is -2.15. The number of benzene rings is 1. The topological polar surface area (TPSA) is 75.4 Å². The smallest absolute Gasteiger partial charge is 0.244 e. The molecule has 3 N–H and O–H groups in total. The van der Waals surface area contributed by atoms with Crippen LogP contribution < -0.4 is 11.1 Å². The Morgan fingerprint density at radius 1 is 1.14 bits per heavy atom. The van der Waals surface area contributed by atoms with Crippen molar-refractivity contribution >= 4 is 17.5 Å². The van der Waals surface area contributed by atoms with Gasteiger partial charge in [-0.1, -0.05) is 12.1 Å². The predicted octanol–water partition coefficient (Wildman–Crippen LogP) is 1.67. The molecule has 1 saturated heterocycles. The van der Waals surface area contributed by atoms with Crippen molar-refractivity contribution < 1.29 is 9.59 Å². The van der Waals surface area contributed by atoms with Crippen LogP contribution in [0.2, 0.25) is 0 Å². The summed E-state index contributed by atoms with van der Waals surface area (Å²) < 4.78 is 0. The molecular weight excluding hydrogens is 278 g/mol. The Kier molecular flexibility index (Phi) is 4.16. The number of nitrogens with zero attached hydrogens (tertiary/aromatic N) is 1. The summed E-state index contributed by atoms with van der Waals surface area (Å²) in [7, 11) is 0. The van der Waals surface area contributed by atoms with E-state index in [1.54, 1.807) is 0 Å². The highest BCUT2D eigenvalue weighted by molar-refractivity contribution is 6.00. The van der Waals surface area contributed by atoms with E-state index in [-0.39, 0.29) is 11.8 Å². The zero-order valence-corrected chi connectivity index (χ0v) is 12.8. The van der Waals surface area contributed by atoms with Gasteiger partial charge in [-0.2, -0.15) is 0 Å². The summed E-state index contributed by atoms with van der Waals surface area (Å²) >= 11 is 0. The van der Waals surface area contributed by atoms with Crippen LogP contribution in [-0.4, -0.2) is 35.3 Å². The van der Waals surface area contributed by atoms with Gasteiger partial charge in [0, 0.05) is 25.2 Å². The normalized spacial score (nSPS) is 19.0. The summed E-state index contributed by atoms with van der Waals surface area (Å²) in [6.07, 6.45) is 5.07. The lowest BCUT2D eigenvalue weighted by atomic mass is 10.1. The molecule has 22 heavy (non-hydrogen) atoms. The van der Waals surface area contributed by atoms with Crippen LogP contribution in [0.5, 0.6) is 0 Å². The molecule has 0 spiro atoms. The van der Waals surface area contributed by atoms with Gasteiger partial charge < -0.3 is 16.0 Å². The molecule has 2 amide bonds. The highest BCUT2D eigenvalue weighted by Crippen LogP contribution is 2.33. The fourth-order valence-corrected chi connectivity index (χ4v) is 2.75. The van der Waals surface area contributed by atoms with E-state index >= 15 is 0 Å². The first kappa shape index (κ1) is 15.0. The molecule has 1 aromatic carbocycles. The summed E-state index contributed by atoms with van der Waals surface area (Å²) in [5.41, 5.74) is 7.07. The molecule has 118 valence electrons. The van der Waals surface area contributed by atoms with Crippen LogP contribution in [0.15, 0.2) is 24.3 Å². The number of carbonyl (C=O) groups excluding carboxylic acids is 2. The summed E-state index contributed by atoms with van der Waals surface area (Å²) in [4.78, 5) is 25.8. The van der Waals surface area contributed by atoms with E-state index in [1.165, 1.54) is 0 Å². The Morgan fingerprint density at radius 2 is 1.77 bits per heavy atom. The molecule has 1 heterocycles. The summed E-state index contributed by atoms with van der Waals surface area (Å²) in [6.45, 7) is 1.81. The Morgan fingerprint density at radius 3 is 2.36 bits per heavy atom. The van der Waals surface area contributed by atoms with Crippen molar-refractivity contribution in [3.05, 3.63) is 29.8 Å². The third kappa shape index (κ3) is 3.47. The van der Waals surface area contributed by atoms with Crippen LogP contribution in [-0.2, 0) is 16.0 Å². The Bertz CT molecular complexity index is 558. The number of hydrogen-bond donors (Lipinski definition) is 2. The highest BCUT2D eigenvalue weighted by Gasteiger charge is 2.45. The second kappa shape index (κ2) is 6.08. The van der Waals surface area contributed by atoms with E-state index in [4.69, 9.17) is 5.73 Å². The van der Waals surface area contributed by atoms with E-state index in [0.29, 0.717) is 6.42 Å². The van der Waals surface area contributed by atoms with E-state index in [1.807, 2.05) is 29.2 Å². The zero-order valence-electron chi connectivity index (χ0n) is 12.8. The maximum Gasteiger partial charge on any atom is 0.244 e. The quantitative estimate of drug-likeness (QED) is 0.868. The van der Waals surface area contributed by atoms with Gasteiger partial charge in [-0.15, -0.1) is 0 Å². The van der Waals surface area contributed by atoms with Crippen molar-refractivity contribution in [3.63, 3.8) is 0 Å². The molecule has 0 aromatic heterocycles. The number of likely N-dealkylation sites (tertiary alicyclic amines) is 1. The van der Waals surface area contributed by atoms with Crippen molar-refractivity contribution in [3.8, 4) is 0 Å². The molecule has 0 atom stereocenters. The maximum absolute atomic E-state index is 12.0. The molecule has 1 aliphatic heterocycles. The molecular formula is C17H23N3O2. The van der Waals surface area contributed by atoms with Gasteiger partial charge in [0.25, 0.3) is 0 Å². The van der Waals surface area contributed by atoms with E-state index in [2.05, 4.69) is 5.32 Å². The third-order valence-corrected chi connectivity index (χ3v) is 4.54. The number of amides is 2. The molecule has 3 rings (SSSR count). The molecule has 5 heteroatoms. The zero-order chi connectivity index (χ0) is 15.6. The van der Waals surface area contributed by atoms with Gasteiger partial charge in [0.05, 0.1) is 5.54 Å². The van der Waals surface area contributed by atoms with Crippen molar-refractivity contribution in [1.29, 1.82) is 0 Å². The van der Waals surface area contributed by atoms with Crippen LogP contribution >= 0.6 is 0 Å². The maximum atomic E-state index is 12.0. The molecule has 2 fully saturated rings. The first-order chi connectivity index (χ1) is 10.6. The van der Waals surface area contributed by atoms with Crippen molar-refractivity contribution in [2.75, 3.05) is 18.4 Å². The molecule has 1 aliphatic carbocycles. The van der Waals surface area contributed by atoms with Gasteiger partial charge in [0.15, 0.2) is 0 Å². The lowest BCUT2D eigenvalue weighted by Crippen LogP contribution is -2.37. The van der Waals surface area contributed by atoms with Gasteiger partial charge in [0.1, 0.15) is 0 Å². The Hall–Kier alpha value is -1.88. The van der Waals surface area contributed by atoms with E-state index < -0.39 is 5.54 Å². The molecule has 0 radical (unpaired) electrons. The van der Waals surface area contributed by atoms with Gasteiger partial charge in [-0.05, 0) is 49.8 Å². The third-order valence-electron chi connectivity index (χ3n) is 4.54. The minimum atomic E-state index is -0.652. The van der Waals surface area contributed by atoms with Crippen molar-refractivity contribution in [2.45, 2.75) is 44.1 Å². The van der Waals surface area contributed by atoms with Gasteiger partial charge in [-0.3, -0.25) is 9.59 Å². The van der Waals surface area contributed by atoms with Crippen LogP contribution in [0.25, 0.3) is 0 Å². The number of nitrogens with two attached hydrogens (primary N) is 1. The first-order valence-electron chi connectivity index (χ1n) is 8.04.